The van der Waals surface area contributed by atoms with Crippen LogP contribution in [0.1, 0.15) is 200 Å². The molecule has 0 aliphatic rings. The molecule has 0 rings (SSSR count). The first-order valence-electron chi connectivity index (χ1n) is 21.5. The van der Waals surface area contributed by atoms with Crippen molar-refractivity contribution in [1.29, 1.82) is 0 Å². The number of amides is 1. The summed E-state index contributed by atoms with van der Waals surface area (Å²) in [7, 11) is 1.30. The molecule has 8 nitrogen and oxygen atoms in total. The summed E-state index contributed by atoms with van der Waals surface area (Å²) < 4.78 is 23.2. The van der Waals surface area contributed by atoms with Crippen molar-refractivity contribution in [2.24, 2.45) is 0 Å². The van der Waals surface area contributed by atoms with E-state index in [0.717, 1.165) is 38.5 Å². The van der Waals surface area contributed by atoms with E-state index in [1.54, 1.807) is 0 Å². The molecule has 0 saturated carbocycles. The molecule has 0 aromatic heterocycles. The Kier molecular flexibility index (Phi) is 34.5. The molecule has 0 aliphatic carbocycles. The summed E-state index contributed by atoms with van der Waals surface area (Å²) in [5.74, 6) is -0.170. The second-order valence-electron chi connectivity index (χ2n) is 16.1. The molecular formula is C42H85N2O6P. The van der Waals surface area contributed by atoms with Crippen molar-refractivity contribution >= 4 is 13.7 Å². The first kappa shape index (κ1) is 50.2. The van der Waals surface area contributed by atoms with Crippen molar-refractivity contribution in [3.05, 3.63) is 12.2 Å². The summed E-state index contributed by atoms with van der Waals surface area (Å²) in [5, 5.41) is 13.9. The summed E-state index contributed by atoms with van der Waals surface area (Å²) in [6, 6.07) is -0.797. The van der Waals surface area contributed by atoms with Crippen molar-refractivity contribution < 1.29 is 32.9 Å². The fourth-order valence-corrected chi connectivity index (χ4v) is 6.99. The molecule has 0 radical (unpaired) electrons. The Bertz CT molecular complexity index is 850. The summed E-state index contributed by atoms with van der Waals surface area (Å²) in [6.45, 7) is 4.70. The first-order chi connectivity index (χ1) is 24.5. The molecule has 0 aliphatic heterocycles. The zero-order chi connectivity index (χ0) is 37.9. The maximum absolute atomic E-state index is 12.8. The fourth-order valence-electron chi connectivity index (χ4n) is 6.27. The largest absolute Gasteiger partial charge is 0.756 e. The Morgan fingerprint density at radius 1 is 0.667 bits per heavy atom. The fraction of sp³-hybridized carbons (Fsp3) is 0.929. The number of nitrogens with one attached hydrogen (secondary N) is 1. The average molecular weight is 745 g/mol. The number of carbonyl (C=O) groups is 1. The van der Waals surface area contributed by atoms with Gasteiger partial charge in [-0.1, -0.05) is 167 Å². The number of unbranched alkanes of at least 4 members (excludes halogenated alkanes) is 24. The van der Waals surface area contributed by atoms with Gasteiger partial charge in [0.25, 0.3) is 7.82 Å². The Labute approximate surface area is 316 Å². The molecule has 3 unspecified atom stereocenters. The van der Waals surface area contributed by atoms with Gasteiger partial charge in [-0.15, -0.1) is 0 Å². The quantitative estimate of drug-likeness (QED) is 0.0281. The van der Waals surface area contributed by atoms with E-state index in [4.69, 9.17) is 9.05 Å². The van der Waals surface area contributed by atoms with Crippen molar-refractivity contribution in [3.8, 4) is 0 Å². The molecule has 51 heavy (non-hydrogen) atoms. The lowest BCUT2D eigenvalue weighted by molar-refractivity contribution is -0.870. The minimum atomic E-state index is -4.56. The number of nitrogens with zero attached hydrogens (tertiary/aromatic N) is 1. The van der Waals surface area contributed by atoms with Crippen LogP contribution in [0.3, 0.4) is 0 Å². The minimum Gasteiger partial charge on any atom is -0.756 e. The van der Waals surface area contributed by atoms with E-state index in [1.807, 2.05) is 21.1 Å². The number of phosphoric acid groups is 1. The van der Waals surface area contributed by atoms with Crippen molar-refractivity contribution in [2.45, 2.75) is 212 Å². The van der Waals surface area contributed by atoms with E-state index < -0.39 is 20.0 Å². The van der Waals surface area contributed by atoms with Gasteiger partial charge in [0.2, 0.25) is 5.91 Å². The van der Waals surface area contributed by atoms with Gasteiger partial charge in [0.1, 0.15) is 13.2 Å². The Hall–Kier alpha value is -0.760. The maximum Gasteiger partial charge on any atom is 0.268 e. The molecule has 304 valence electrons. The summed E-state index contributed by atoms with van der Waals surface area (Å²) in [5.41, 5.74) is 0. The third-order valence-electron chi connectivity index (χ3n) is 9.75. The van der Waals surface area contributed by atoms with E-state index in [2.05, 4.69) is 31.3 Å². The van der Waals surface area contributed by atoms with Gasteiger partial charge in [-0.25, -0.2) is 0 Å². The maximum atomic E-state index is 12.8. The summed E-state index contributed by atoms with van der Waals surface area (Å²) >= 11 is 0. The smallest absolute Gasteiger partial charge is 0.268 e. The van der Waals surface area contributed by atoms with Gasteiger partial charge in [0, 0.05) is 6.42 Å². The van der Waals surface area contributed by atoms with E-state index in [-0.39, 0.29) is 19.1 Å². The molecule has 3 atom stereocenters. The standard InChI is InChI=1S/C42H85N2O6P/c1-6-8-10-12-14-16-18-19-20-21-22-23-24-26-28-30-32-34-36-42(46)43-40(39-50-51(47,48)49-38-37-44(3,4)5)41(45)35-33-31-29-27-25-17-15-13-11-9-7-2/h20-21,40-41,45H,6-19,22-39H2,1-5H3,(H-,43,46,47,48)/b21-20-. The minimum absolute atomic E-state index is 0.0129. The van der Waals surface area contributed by atoms with Gasteiger partial charge >= 0.3 is 0 Å². The highest BCUT2D eigenvalue weighted by Crippen LogP contribution is 2.38. The van der Waals surface area contributed by atoms with Gasteiger partial charge in [-0.3, -0.25) is 9.36 Å². The third-order valence-corrected chi connectivity index (χ3v) is 10.7. The summed E-state index contributed by atoms with van der Waals surface area (Å²) in [6.07, 6.45) is 37.8. The van der Waals surface area contributed by atoms with Crippen LogP contribution in [0, 0.1) is 0 Å². The molecule has 2 N–H and O–H groups in total. The zero-order valence-electron chi connectivity index (χ0n) is 34.3. The SMILES string of the molecule is CCCCCCCCC/C=C\CCCCCCCCCC(=O)NC(COP(=O)([O-])OCC[N+](C)(C)C)C(O)CCCCCCCCCCCCC. The zero-order valence-corrected chi connectivity index (χ0v) is 35.2. The van der Waals surface area contributed by atoms with Crippen LogP contribution in [0.25, 0.3) is 0 Å². The highest BCUT2D eigenvalue weighted by Gasteiger charge is 2.24. The highest BCUT2D eigenvalue weighted by atomic mass is 31.2. The molecule has 1 amide bonds. The number of allylic oxidation sites excluding steroid dienone is 2. The lowest BCUT2D eigenvalue weighted by Crippen LogP contribution is -2.46. The molecule has 0 heterocycles. The molecule has 0 saturated heterocycles. The van der Waals surface area contributed by atoms with Crippen LogP contribution in [0.4, 0.5) is 0 Å². The number of phosphoric ester groups is 1. The van der Waals surface area contributed by atoms with Crippen LogP contribution in [-0.4, -0.2) is 68.5 Å². The molecule has 9 heteroatoms. The van der Waals surface area contributed by atoms with E-state index in [1.165, 1.54) is 135 Å². The average Bonchev–Trinajstić information content (AvgIpc) is 3.07. The number of carbonyl (C=O) groups excluding carboxylic acids is 1. The van der Waals surface area contributed by atoms with E-state index in [9.17, 15) is 19.4 Å². The molecule has 0 aromatic carbocycles. The van der Waals surface area contributed by atoms with Gasteiger partial charge < -0.3 is 28.8 Å². The Morgan fingerprint density at radius 3 is 1.53 bits per heavy atom. The monoisotopic (exact) mass is 745 g/mol. The molecule has 0 spiro atoms. The van der Waals surface area contributed by atoms with E-state index in [0.29, 0.717) is 23.9 Å². The second-order valence-corrected chi connectivity index (χ2v) is 17.5. The Morgan fingerprint density at radius 2 is 1.08 bits per heavy atom. The predicted molar refractivity (Wildman–Crippen MR) is 215 cm³/mol. The van der Waals surface area contributed by atoms with Crippen LogP contribution in [0.5, 0.6) is 0 Å². The second kappa shape index (κ2) is 35.0. The number of hydrogen-bond donors (Lipinski definition) is 2. The first-order valence-corrected chi connectivity index (χ1v) is 23.0. The number of aliphatic hydroxyl groups is 1. The van der Waals surface area contributed by atoms with E-state index >= 15 is 0 Å². The number of hydrogen-bond acceptors (Lipinski definition) is 6. The van der Waals surface area contributed by atoms with Crippen LogP contribution >= 0.6 is 7.82 Å². The molecular weight excluding hydrogens is 659 g/mol. The van der Waals surface area contributed by atoms with Crippen molar-refractivity contribution in [1.82, 2.24) is 5.32 Å². The predicted octanol–water partition coefficient (Wildman–Crippen LogP) is 10.9. The Balaban J connectivity index is 4.33. The van der Waals surface area contributed by atoms with Crippen molar-refractivity contribution in [2.75, 3.05) is 40.9 Å². The topological polar surface area (TPSA) is 108 Å². The van der Waals surface area contributed by atoms with Crippen LogP contribution in [0.15, 0.2) is 12.2 Å². The van der Waals surface area contributed by atoms with Crippen LogP contribution < -0.4 is 10.2 Å². The lowest BCUT2D eigenvalue weighted by Gasteiger charge is -2.30. The molecule has 0 aromatic rings. The van der Waals surface area contributed by atoms with Crippen LogP contribution in [-0.2, 0) is 18.4 Å². The van der Waals surface area contributed by atoms with Gasteiger partial charge in [-0.05, 0) is 38.5 Å². The van der Waals surface area contributed by atoms with Gasteiger partial charge in [-0.2, -0.15) is 0 Å². The summed E-state index contributed by atoms with van der Waals surface area (Å²) in [4.78, 5) is 25.3. The number of likely N-dealkylation sites (N-methyl/N-ethyl adjacent to an activating group) is 1. The number of rotatable bonds is 39. The van der Waals surface area contributed by atoms with Gasteiger partial charge in [0.05, 0.1) is 39.9 Å². The number of quaternary nitrogens is 1. The highest BCUT2D eigenvalue weighted by molar-refractivity contribution is 7.45. The van der Waals surface area contributed by atoms with Gasteiger partial charge in [0.15, 0.2) is 0 Å². The normalized spacial score (nSPS) is 14.6. The number of aliphatic hydroxyl groups excluding tert-OH is 1. The lowest BCUT2D eigenvalue weighted by atomic mass is 10.0. The van der Waals surface area contributed by atoms with Crippen LogP contribution in [0.2, 0.25) is 0 Å². The van der Waals surface area contributed by atoms with Crippen molar-refractivity contribution in [3.63, 3.8) is 0 Å². The third kappa shape index (κ3) is 37.4. The molecule has 0 fully saturated rings. The molecule has 0 bridgehead atoms.